The average Bonchev–Trinajstić information content (AvgIpc) is 3.41. The fourth-order valence-corrected chi connectivity index (χ4v) is 4.04. The van der Waals surface area contributed by atoms with Crippen LogP contribution in [0.1, 0.15) is 32.2 Å². The number of carbonyl (C=O) groups is 3. The summed E-state index contributed by atoms with van der Waals surface area (Å²) < 4.78 is 6.66. The molecule has 0 aliphatic heterocycles. The molecular weight excluding hydrogens is 487 g/mol. The lowest BCUT2D eigenvalue weighted by atomic mass is 10.1. The Hall–Kier alpha value is -3.14. The van der Waals surface area contributed by atoms with Gasteiger partial charge < -0.3 is 4.74 Å². The van der Waals surface area contributed by atoms with Crippen molar-refractivity contribution in [2.75, 3.05) is 6.61 Å². The maximum atomic E-state index is 12.0. The summed E-state index contributed by atoms with van der Waals surface area (Å²) in [6.45, 7) is 3.50. The van der Waals surface area contributed by atoms with E-state index in [1.165, 1.54) is 17.4 Å². The molecular formula is C22H20Cl2N4O4S. The van der Waals surface area contributed by atoms with E-state index in [2.05, 4.69) is 16.0 Å². The third-order valence-corrected chi connectivity index (χ3v) is 6.18. The number of hydrogen-bond donors (Lipinski definition) is 2. The van der Waals surface area contributed by atoms with Gasteiger partial charge in [-0.1, -0.05) is 35.3 Å². The van der Waals surface area contributed by atoms with Gasteiger partial charge in [-0.15, -0.1) is 11.3 Å². The molecule has 0 fully saturated rings. The molecule has 0 aliphatic rings. The minimum absolute atomic E-state index is 0.376. The molecule has 1 aromatic carbocycles. The van der Waals surface area contributed by atoms with Gasteiger partial charge in [-0.3, -0.25) is 25.1 Å². The van der Waals surface area contributed by atoms with Crippen molar-refractivity contribution in [2.24, 2.45) is 0 Å². The first-order chi connectivity index (χ1) is 15.8. The molecule has 0 saturated carbocycles. The van der Waals surface area contributed by atoms with Crippen LogP contribution in [0.4, 0.5) is 0 Å². The number of ether oxygens (including phenoxy) is 1. The lowest BCUT2D eigenvalue weighted by Crippen LogP contribution is -2.43. The molecule has 0 spiro atoms. The first-order valence-corrected chi connectivity index (χ1v) is 11.3. The van der Waals surface area contributed by atoms with E-state index in [-0.39, 0.29) is 0 Å². The third-order valence-electron chi connectivity index (χ3n) is 4.60. The number of aromatic nitrogens is 2. The lowest BCUT2D eigenvalue weighted by Gasteiger charge is -2.09. The number of hydrogen-bond acceptors (Lipinski definition) is 6. The second-order valence-corrected chi connectivity index (χ2v) is 8.63. The molecule has 0 bridgehead atoms. The molecule has 33 heavy (non-hydrogen) atoms. The highest BCUT2D eigenvalue weighted by molar-refractivity contribution is 7.12. The van der Waals surface area contributed by atoms with Crippen molar-refractivity contribution in [1.29, 1.82) is 0 Å². The van der Waals surface area contributed by atoms with Crippen LogP contribution in [0.15, 0.2) is 41.8 Å². The Bertz CT molecular complexity index is 1190. The summed E-state index contributed by atoms with van der Waals surface area (Å²) in [6.07, 6.45) is 2.78. The number of benzene rings is 1. The molecule has 8 nitrogen and oxygen atoms in total. The molecule has 2 heterocycles. The predicted molar refractivity (Wildman–Crippen MR) is 127 cm³/mol. The van der Waals surface area contributed by atoms with Crippen molar-refractivity contribution in [3.63, 3.8) is 0 Å². The first kappa shape index (κ1) is 24.5. The van der Waals surface area contributed by atoms with Crippen LogP contribution in [-0.2, 0) is 20.9 Å². The molecule has 0 atom stereocenters. The Balaban J connectivity index is 1.54. The van der Waals surface area contributed by atoms with Crippen molar-refractivity contribution >= 4 is 58.4 Å². The van der Waals surface area contributed by atoms with Gasteiger partial charge in [0.05, 0.1) is 17.1 Å². The van der Waals surface area contributed by atoms with E-state index in [4.69, 9.17) is 27.9 Å². The van der Waals surface area contributed by atoms with E-state index < -0.39 is 24.4 Å². The van der Waals surface area contributed by atoms with Gasteiger partial charge in [0, 0.05) is 32.9 Å². The number of nitrogens with one attached hydrogen (secondary N) is 2. The van der Waals surface area contributed by atoms with Gasteiger partial charge in [0.1, 0.15) is 0 Å². The smallest absolute Gasteiger partial charge is 0.331 e. The Kier molecular flexibility index (Phi) is 8.26. The van der Waals surface area contributed by atoms with Crippen molar-refractivity contribution in [3.05, 3.63) is 79.2 Å². The van der Waals surface area contributed by atoms with Crippen LogP contribution >= 0.6 is 34.5 Å². The monoisotopic (exact) mass is 506 g/mol. The fourth-order valence-electron chi connectivity index (χ4n) is 2.91. The predicted octanol–water partition coefficient (Wildman–Crippen LogP) is 3.93. The van der Waals surface area contributed by atoms with Crippen molar-refractivity contribution in [1.82, 2.24) is 20.6 Å². The minimum atomic E-state index is -0.713. The van der Waals surface area contributed by atoms with Crippen molar-refractivity contribution < 1.29 is 19.1 Å². The SMILES string of the molecule is Cc1nn(Cc2c(Cl)cccc2Cl)c(C)c1/C=C/C(=O)OCC(=O)NNC(=O)c1cccs1. The number of halogens is 2. The quantitative estimate of drug-likeness (QED) is 0.287. The van der Waals surface area contributed by atoms with Crippen LogP contribution in [0.5, 0.6) is 0 Å². The number of thiophene rings is 1. The van der Waals surface area contributed by atoms with Crippen LogP contribution < -0.4 is 10.9 Å². The number of carbonyl (C=O) groups excluding carboxylic acids is 3. The van der Waals surface area contributed by atoms with Gasteiger partial charge in [-0.2, -0.15) is 5.10 Å². The van der Waals surface area contributed by atoms with Crippen LogP contribution in [0.2, 0.25) is 10.0 Å². The number of hydrazine groups is 1. The molecule has 11 heteroatoms. The molecule has 0 saturated heterocycles. The molecule has 0 unspecified atom stereocenters. The van der Waals surface area contributed by atoms with Crippen LogP contribution in [-0.4, -0.2) is 34.2 Å². The van der Waals surface area contributed by atoms with Gasteiger partial charge in [-0.05, 0) is 43.5 Å². The van der Waals surface area contributed by atoms with Gasteiger partial charge in [0.25, 0.3) is 11.8 Å². The molecule has 3 rings (SSSR count). The molecule has 2 N–H and O–H groups in total. The van der Waals surface area contributed by atoms with E-state index in [1.54, 1.807) is 46.5 Å². The van der Waals surface area contributed by atoms with E-state index in [0.29, 0.717) is 27.2 Å². The number of esters is 1. The van der Waals surface area contributed by atoms with Crippen LogP contribution in [0.3, 0.4) is 0 Å². The van der Waals surface area contributed by atoms with E-state index in [1.807, 2.05) is 13.8 Å². The molecule has 0 radical (unpaired) electrons. The largest absolute Gasteiger partial charge is 0.452 e. The van der Waals surface area contributed by atoms with Crippen LogP contribution in [0, 0.1) is 13.8 Å². The zero-order valence-corrected chi connectivity index (χ0v) is 20.1. The molecule has 2 aromatic heterocycles. The van der Waals surface area contributed by atoms with E-state index >= 15 is 0 Å². The summed E-state index contributed by atoms with van der Waals surface area (Å²) in [5, 5.41) is 7.32. The van der Waals surface area contributed by atoms with Crippen LogP contribution in [0.25, 0.3) is 6.08 Å². The maximum absolute atomic E-state index is 12.0. The minimum Gasteiger partial charge on any atom is -0.452 e. The number of aryl methyl sites for hydroxylation is 1. The Morgan fingerprint density at radius 3 is 2.52 bits per heavy atom. The van der Waals surface area contributed by atoms with Gasteiger partial charge in [0.2, 0.25) is 0 Å². The standard InChI is InChI=1S/C22H20Cl2N4O4S/c1-13-15(14(2)28(27-13)11-16-17(23)5-3-6-18(16)24)8-9-21(30)32-12-20(29)25-26-22(31)19-7-4-10-33-19/h3-10H,11-12H2,1-2H3,(H,25,29)(H,26,31)/b9-8+. The second kappa shape index (κ2) is 11.1. The highest BCUT2D eigenvalue weighted by Gasteiger charge is 2.14. The Labute approximate surface area is 204 Å². The van der Waals surface area contributed by atoms with Crippen molar-refractivity contribution in [3.8, 4) is 0 Å². The first-order valence-electron chi connectivity index (χ1n) is 9.70. The number of amides is 2. The lowest BCUT2D eigenvalue weighted by molar-refractivity contribution is -0.144. The summed E-state index contributed by atoms with van der Waals surface area (Å²) in [5.41, 5.74) is 7.43. The maximum Gasteiger partial charge on any atom is 0.331 e. The normalized spacial score (nSPS) is 10.9. The molecule has 0 aliphatic carbocycles. The molecule has 172 valence electrons. The van der Waals surface area contributed by atoms with Gasteiger partial charge in [-0.25, -0.2) is 4.79 Å². The van der Waals surface area contributed by atoms with Gasteiger partial charge >= 0.3 is 5.97 Å². The topological polar surface area (TPSA) is 102 Å². The second-order valence-electron chi connectivity index (χ2n) is 6.86. The summed E-state index contributed by atoms with van der Waals surface area (Å²) in [4.78, 5) is 36.0. The highest BCUT2D eigenvalue weighted by Crippen LogP contribution is 2.26. The van der Waals surface area contributed by atoms with E-state index in [0.717, 1.165) is 16.8 Å². The Morgan fingerprint density at radius 2 is 1.85 bits per heavy atom. The summed E-state index contributed by atoms with van der Waals surface area (Å²) in [5.74, 6) is -1.83. The average molecular weight is 507 g/mol. The highest BCUT2D eigenvalue weighted by atomic mass is 35.5. The molecule has 3 aromatic rings. The van der Waals surface area contributed by atoms with E-state index in [9.17, 15) is 14.4 Å². The zero-order valence-electron chi connectivity index (χ0n) is 17.7. The fraction of sp³-hybridized carbons (Fsp3) is 0.182. The number of rotatable bonds is 7. The zero-order chi connectivity index (χ0) is 24.0. The summed E-state index contributed by atoms with van der Waals surface area (Å²) in [6, 6.07) is 8.62. The van der Waals surface area contributed by atoms with Gasteiger partial charge in [0.15, 0.2) is 6.61 Å². The van der Waals surface area contributed by atoms with Crippen molar-refractivity contribution in [2.45, 2.75) is 20.4 Å². The molecule has 2 amide bonds. The summed E-state index contributed by atoms with van der Waals surface area (Å²) in [7, 11) is 0. The summed E-state index contributed by atoms with van der Waals surface area (Å²) >= 11 is 13.7. The Morgan fingerprint density at radius 1 is 1.12 bits per heavy atom. The number of nitrogens with zero attached hydrogens (tertiary/aromatic N) is 2. The third kappa shape index (κ3) is 6.44.